The number of hydrogen-bond donors (Lipinski definition) is 1. The SMILES string of the molecule is CC(C)(C)OC(=O)N1CCCC(C(=O)NC2CCCc3ccccc32)C1. The Kier molecular flexibility index (Phi) is 5.54. The van der Waals surface area contributed by atoms with Crippen LogP contribution in [0, 0.1) is 5.92 Å². The second-order valence-electron chi connectivity index (χ2n) is 8.42. The molecular weight excluding hydrogens is 328 g/mol. The quantitative estimate of drug-likeness (QED) is 0.874. The first-order valence-electron chi connectivity index (χ1n) is 9.69. The Morgan fingerprint density at radius 1 is 1.15 bits per heavy atom. The first kappa shape index (κ1) is 18.7. The van der Waals surface area contributed by atoms with Gasteiger partial charge in [-0.1, -0.05) is 24.3 Å². The van der Waals surface area contributed by atoms with Gasteiger partial charge in [0.1, 0.15) is 5.60 Å². The number of nitrogens with one attached hydrogen (secondary N) is 1. The fourth-order valence-corrected chi connectivity index (χ4v) is 3.88. The number of benzene rings is 1. The molecule has 2 aliphatic rings. The van der Waals surface area contributed by atoms with E-state index in [1.54, 1.807) is 4.90 Å². The van der Waals surface area contributed by atoms with Crippen LogP contribution in [0.3, 0.4) is 0 Å². The summed E-state index contributed by atoms with van der Waals surface area (Å²) in [6, 6.07) is 8.45. The number of fused-ring (bicyclic) bond motifs is 1. The molecule has 0 spiro atoms. The molecule has 2 unspecified atom stereocenters. The molecular formula is C21H30N2O3. The average Bonchev–Trinajstić information content (AvgIpc) is 2.61. The summed E-state index contributed by atoms with van der Waals surface area (Å²) in [5.41, 5.74) is 2.06. The highest BCUT2D eigenvalue weighted by Crippen LogP contribution is 2.30. The smallest absolute Gasteiger partial charge is 0.410 e. The van der Waals surface area contributed by atoms with Gasteiger partial charge in [0.05, 0.1) is 12.0 Å². The molecule has 1 fully saturated rings. The van der Waals surface area contributed by atoms with Crippen LogP contribution in [0.4, 0.5) is 4.79 Å². The molecule has 1 saturated heterocycles. The van der Waals surface area contributed by atoms with Crippen molar-refractivity contribution in [1.82, 2.24) is 10.2 Å². The molecule has 142 valence electrons. The van der Waals surface area contributed by atoms with Gasteiger partial charge in [-0.05, 0) is 64.0 Å². The third-order valence-electron chi connectivity index (χ3n) is 5.13. The van der Waals surface area contributed by atoms with Gasteiger partial charge in [0.15, 0.2) is 0 Å². The molecule has 3 rings (SSSR count). The molecule has 0 saturated carbocycles. The zero-order valence-electron chi connectivity index (χ0n) is 16.1. The number of carbonyl (C=O) groups is 2. The Hall–Kier alpha value is -2.04. The molecule has 0 aromatic heterocycles. The van der Waals surface area contributed by atoms with Crippen LogP contribution < -0.4 is 5.32 Å². The third kappa shape index (κ3) is 4.57. The van der Waals surface area contributed by atoms with Gasteiger partial charge in [-0.25, -0.2) is 4.79 Å². The Morgan fingerprint density at radius 2 is 1.92 bits per heavy atom. The summed E-state index contributed by atoms with van der Waals surface area (Å²) in [7, 11) is 0. The molecule has 1 heterocycles. The van der Waals surface area contributed by atoms with Gasteiger partial charge in [0.2, 0.25) is 5.91 Å². The largest absolute Gasteiger partial charge is 0.444 e. The minimum Gasteiger partial charge on any atom is -0.444 e. The van der Waals surface area contributed by atoms with Crippen LogP contribution in [0.25, 0.3) is 0 Å². The lowest BCUT2D eigenvalue weighted by Crippen LogP contribution is -2.47. The van der Waals surface area contributed by atoms with Crippen molar-refractivity contribution in [3.63, 3.8) is 0 Å². The van der Waals surface area contributed by atoms with Crippen LogP contribution in [0.2, 0.25) is 0 Å². The van der Waals surface area contributed by atoms with E-state index in [-0.39, 0.29) is 24.0 Å². The van der Waals surface area contributed by atoms with Gasteiger partial charge in [-0.15, -0.1) is 0 Å². The van der Waals surface area contributed by atoms with E-state index in [1.807, 2.05) is 26.8 Å². The second-order valence-corrected chi connectivity index (χ2v) is 8.42. The molecule has 5 nitrogen and oxygen atoms in total. The highest BCUT2D eigenvalue weighted by molar-refractivity contribution is 5.80. The van der Waals surface area contributed by atoms with Gasteiger partial charge in [-0.2, -0.15) is 0 Å². The fraction of sp³-hybridized carbons (Fsp3) is 0.619. The van der Waals surface area contributed by atoms with E-state index in [4.69, 9.17) is 4.74 Å². The van der Waals surface area contributed by atoms with Crippen molar-refractivity contribution in [2.24, 2.45) is 5.92 Å². The molecule has 0 radical (unpaired) electrons. The van der Waals surface area contributed by atoms with Gasteiger partial charge in [0.25, 0.3) is 0 Å². The van der Waals surface area contributed by atoms with Crippen molar-refractivity contribution in [3.8, 4) is 0 Å². The first-order valence-corrected chi connectivity index (χ1v) is 9.69. The van der Waals surface area contributed by atoms with E-state index in [0.717, 1.165) is 32.1 Å². The second kappa shape index (κ2) is 7.68. The molecule has 1 N–H and O–H groups in total. The molecule has 1 aromatic rings. The topological polar surface area (TPSA) is 58.6 Å². The molecule has 2 atom stereocenters. The number of rotatable bonds is 2. The van der Waals surface area contributed by atoms with E-state index < -0.39 is 5.60 Å². The Labute approximate surface area is 156 Å². The number of nitrogens with zero attached hydrogens (tertiary/aromatic N) is 1. The number of piperidine rings is 1. The van der Waals surface area contributed by atoms with Crippen LogP contribution in [0.5, 0.6) is 0 Å². The van der Waals surface area contributed by atoms with Crippen LogP contribution in [-0.4, -0.2) is 35.6 Å². The van der Waals surface area contributed by atoms with Crippen molar-refractivity contribution in [3.05, 3.63) is 35.4 Å². The highest BCUT2D eigenvalue weighted by Gasteiger charge is 2.32. The lowest BCUT2D eigenvalue weighted by Gasteiger charge is -2.34. The molecule has 1 aliphatic heterocycles. The van der Waals surface area contributed by atoms with Gasteiger partial charge < -0.3 is 15.0 Å². The normalized spacial score (nSPS) is 23.1. The van der Waals surface area contributed by atoms with Crippen molar-refractivity contribution in [2.75, 3.05) is 13.1 Å². The van der Waals surface area contributed by atoms with Gasteiger partial charge >= 0.3 is 6.09 Å². The van der Waals surface area contributed by atoms with Crippen molar-refractivity contribution in [2.45, 2.75) is 64.5 Å². The number of likely N-dealkylation sites (tertiary alicyclic amines) is 1. The van der Waals surface area contributed by atoms with Crippen LogP contribution in [0.1, 0.15) is 63.6 Å². The predicted octanol–water partition coefficient (Wildman–Crippen LogP) is 3.83. The summed E-state index contributed by atoms with van der Waals surface area (Å²) in [5.74, 6) is -0.106. The summed E-state index contributed by atoms with van der Waals surface area (Å²) in [6.07, 6.45) is 4.48. The van der Waals surface area contributed by atoms with Crippen LogP contribution in [0.15, 0.2) is 24.3 Å². The van der Waals surface area contributed by atoms with E-state index in [1.165, 1.54) is 11.1 Å². The van der Waals surface area contributed by atoms with Crippen molar-refractivity contribution < 1.29 is 14.3 Å². The number of ether oxygens (including phenoxy) is 1. The molecule has 2 amide bonds. The Balaban J connectivity index is 1.61. The van der Waals surface area contributed by atoms with E-state index in [2.05, 4.69) is 23.5 Å². The number of aryl methyl sites for hydroxylation is 1. The maximum Gasteiger partial charge on any atom is 0.410 e. The third-order valence-corrected chi connectivity index (χ3v) is 5.13. The maximum absolute atomic E-state index is 12.8. The standard InChI is InChI=1S/C21H30N2O3/c1-21(2,3)26-20(25)23-13-7-10-16(14-23)19(24)22-18-12-6-9-15-8-4-5-11-17(15)18/h4-5,8,11,16,18H,6-7,9-10,12-14H2,1-3H3,(H,22,24). The predicted molar refractivity (Wildman–Crippen MR) is 101 cm³/mol. The fourth-order valence-electron chi connectivity index (χ4n) is 3.88. The van der Waals surface area contributed by atoms with Crippen molar-refractivity contribution in [1.29, 1.82) is 0 Å². The summed E-state index contributed by atoms with van der Waals surface area (Å²) >= 11 is 0. The summed E-state index contributed by atoms with van der Waals surface area (Å²) in [5, 5.41) is 3.23. The molecule has 26 heavy (non-hydrogen) atoms. The zero-order valence-corrected chi connectivity index (χ0v) is 16.1. The number of carbonyl (C=O) groups excluding carboxylic acids is 2. The summed E-state index contributed by atoms with van der Waals surface area (Å²) < 4.78 is 5.46. The number of amides is 2. The number of hydrogen-bond acceptors (Lipinski definition) is 3. The molecule has 0 bridgehead atoms. The van der Waals surface area contributed by atoms with E-state index >= 15 is 0 Å². The van der Waals surface area contributed by atoms with Crippen LogP contribution >= 0.6 is 0 Å². The van der Waals surface area contributed by atoms with E-state index in [0.29, 0.717) is 13.1 Å². The van der Waals surface area contributed by atoms with E-state index in [9.17, 15) is 9.59 Å². The molecule has 1 aliphatic carbocycles. The maximum atomic E-state index is 12.8. The Bertz CT molecular complexity index is 665. The first-order chi connectivity index (χ1) is 12.3. The lowest BCUT2D eigenvalue weighted by molar-refractivity contribution is -0.127. The Morgan fingerprint density at radius 3 is 2.69 bits per heavy atom. The zero-order chi connectivity index (χ0) is 18.7. The average molecular weight is 358 g/mol. The minimum absolute atomic E-state index is 0.0555. The van der Waals surface area contributed by atoms with Crippen molar-refractivity contribution >= 4 is 12.0 Å². The minimum atomic E-state index is -0.516. The summed E-state index contributed by atoms with van der Waals surface area (Å²) in [6.45, 7) is 6.68. The lowest BCUT2D eigenvalue weighted by atomic mass is 9.87. The molecule has 1 aromatic carbocycles. The van der Waals surface area contributed by atoms with Crippen LogP contribution in [-0.2, 0) is 16.0 Å². The summed E-state index contributed by atoms with van der Waals surface area (Å²) in [4.78, 5) is 26.8. The monoisotopic (exact) mass is 358 g/mol. The van der Waals surface area contributed by atoms with Gasteiger partial charge in [0, 0.05) is 13.1 Å². The molecule has 5 heteroatoms. The van der Waals surface area contributed by atoms with Gasteiger partial charge in [-0.3, -0.25) is 4.79 Å². The highest BCUT2D eigenvalue weighted by atomic mass is 16.6.